The number of hydrogen-bond donors (Lipinski definition) is 2. The lowest BCUT2D eigenvalue weighted by atomic mass is 10.1. The fourth-order valence-corrected chi connectivity index (χ4v) is 4.18. The predicted molar refractivity (Wildman–Crippen MR) is 105 cm³/mol. The van der Waals surface area contributed by atoms with E-state index >= 15 is 0 Å². The number of rotatable bonds is 5. The van der Waals surface area contributed by atoms with Gasteiger partial charge in [0.15, 0.2) is 5.04 Å². The van der Waals surface area contributed by atoms with E-state index in [2.05, 4.69) is 0 Å². The summed E-state index contributed by atoms with van der Waals surface area (Å²) in [6.07, 6.45) is 0. The van der Waals surface area contributed by atoms with Crippen LogP contribution >= 0.6 is 11.6 Å². The van der Waals surface area contributed by atoms with E-state index in [1.165, 1.54) is 18.2 Å². The Bertz CT molecular complexity index is 1080. The van der Waals surface area contributed by atoms with Gasteiger partial charge in [-0.05, 0) is 23.6 Å². The van der Waals surface area contributed by atoms with Crippen molar-refractivity contribution in [1.29, 1.82) is 5.41 Å². The van der Waals surface area contributed by atoms with Crippen molar-refractivity contribution >= 4 is 42.9 Å². The first-order valence-corrected chi connectivity index (χ1v) is 9.87. The monoisotopic (exact) mass is 388 g/mol. The molecule has 0 amide bonds. The molecule has 0 saturated heterocycles. The minimum atomic E-state index is -4.03. The molecule has 0 aromatic heterocycles. The van der Waals surface area contributed by atoms with Gasteiger partial charge in [-0.1, -0.05) is 36.4 Å². The highest BCUT2D eigenvalue weighted by Crippen LogP contribution is 2.28. The van der Waals surface area contributed by atoms with Gasteiger partial charge in [-0.3, -0.25) is 5.41 Å². The second-order valence-corrected chi connectivity index (χ2v) is 7.83. The zero-order chi connectivity index (χ0) is 18.7. The molecule has 0 aliphatic carbocycles. The molecule has 0 saturated carbocycles. The minimum Gasteiger partial charge on any atom is -0.492 e. The Morgan fingerprint density at radius 2 is 1.81 bits per heavy atom. The molecule has 0 aliphatic rings. The molecule has 0 spiro atoms. The first-order chi connectivity index (χ1) is 12.4. The highest BCUT2D eigenvalue weighted by molar-refractivity contribution is 8.07. The van der Waals surface area contributed by atoms with Crippen LogP contribution < -0.4 is 10.5 Å². The van der Waals surface area contributed by atoms with E-state index in [-0.39, 0.29) is 16.1 Å². The SMILES string of the molecule is N=C(c1ccc(OCCCl)cc1N)S(=O)(=O)c1cccc2ccccc12. The Kier molecular flexibility index (Phi) is 5.15. The number of fused-ring (bicyclic) bond motifs is 1. The Morgan fingerprint density at radius 3 is 2.54 bits per heavy atom. The van der Waals surface area contributed by atoms with Crippen LogP contribution in [0.3, 0.4) is 0 Å². The van der Waals surface area contributed by atoms with Gasteiger partial charge in [0.1, 0.15) is 12.4 Å². The number of sulfone groups is 1. The Labute approximate surface area is 156 Å². The van der Waals surface area contributed by atoms with Crippen molar-refractivity contribution in [2.45, 2.75) is 4.90 Å². The lowest BCUT2D eigenvalue weighted by molar-refractivity contribution is 0.343. The van der Waals surface area contributed by atoms with Gasteiger partial charge >= 0.3 is 0 Å². The van der Waals surface area contributed by atoms with Crippen molar-refractivity contribution in [2.24, 2.45) is 0 Å². The molecule has 3 N–H and O–H groups in total. The number of anilines is 1. The minimum absolute atomic E-state index is 0.0856. The fraction of sp³-hybridized carbons (Fsp3) is 0.105. The van der Waals surface area contributed by atoms with E-state index in [9.17, 15) is 8.42 Å². The summed E-state index contributed by atoms with van der Waals surface area (Å²) in [4.78, 5) is 0.0856. The van der Waals surface area contributed by atoms with Crippen LogP contribution in [0.25, 0.3) is 10.8 Å². The molecule has 0 fully saturated rings. The molecule has 3 aromatic carbocycles. The van der Waals surface area contributed by atoms with Gasteiger partial charge in [0.2, 0.25) is 9.84 Å². The smallest absolute Gasteiger partial charge is 0.224 e. The van der Waals surface area contributed by atoms with Crippen LogP contribution in [0.5, 0.6) is 5.75 Å². The molecule has 7 heteroatoms. The summed E-state index contributed by atoms with van der Waals surface area (Å²) in [5.41, 5.74) is 6.26. The van der Waals surface area contributed by atoms with E-state index in [0.717, 1.165) is 5.39 Å². The van der Waals surface area contributed by atoms with Crippen molar-refractivity contribution in [1.82, 2.24) is 0 Å². The number of halogens is 1. The summed E-state index contributed by atoms with van der Waals surface area (Å²) in [5.74, 6) is 0.801. The summed E-state index contributed by atoms with van der Waals surface area (Å²) in [7, 11) is -4.03. The first kappa shape index (κ1) is 18.2. The molecule has 0 bridgehead atoms. The van der Waals surface area contributed by atoms with Crippen LogP contribution in [0.4, 0.5) is 5.69 Å². The van der Waals surface area contributed by atoms with Crippen LogP contribution in [0, 0.1) is 5.41 Å². The second kappa shape index (κ2) is 7.35. The van der Waals surface area contributed by atoms with Crippen LogP contribution in [-0.4, -0.2) is 25.9 Å². The Morgan fingerprint density at radius 1 is 1.08 bits per heavy atom. The molecule has 0 heterocycles. The lowest BCUT2D eigenvalue weighted by Gasteiger charge is -2.12. The van der Waals surface area contributed by atoms with Gasteiger partial charge in [-0.2, -0.15) is 0 Å². The molecule has 0 unspecified atom stereocenters. The van der Waals surface area contributed by atoms with Crippen molar-refractivity contribution in [3.05, 3.63) is 66.2 Å². The number of alkyl halides is 1. The van der Waals surface area contributed by atoms with Crippen molar-refractivity contribution in [3.8, 4) is 5.75 Å². The quantitative estimate of drug-likeness (QED) is 0.300. The van der Waals surface area contributed by atoms with E-state index in [1.54, 1.807) is 24.3 Å². The Hall–Kier alpha value is -2.57. The average molecular weight is 389 g/mol. The van der Waals surface area contributed by atoms with Gasteiger partial charge in [-0.25, -0.2) is 8.42 Å². The molecule has 3 rings (SSSR count). The average Bonchev–Trinajstić information content (AvgIpc) is 2.65. The molecular formula is C19H17ClN2O3S. The topological polar surface area (TPSA) is 93.2 Å². The number of benzene rings is 3. The van der Waals surface area contributed by atoms with Crippen molar-refractivity contribution < 1.29 is 13.2 Å². The number of hydrogen-bond acceptors (Lipinski definition) is 5. The third-order valence-electron chi connectivity index (χ3n) is 3.92. The summed E-state index contributed by atoms with van der Waals surface area (Å²) in [6, 6.07) is 16.7. The summed E-state index contributed by atoms with van der Waals surface area (Å²) in [6.45, 7) is 0.312. The molecule has 5 nitrogen and oxygen atoms in total. The maximum absolute atomic E-state index is 13.0. The van der Waals surface area contributed by atoms with Crippen LogP contribution in [0.15, 0.2) is 65.6 Å². The molecule has 26 heavy (non-hydrogen) atoms. The van der Waals surface area contributed by atoms with E-state index < -0.39 is 14.9 Å². The number of ether oxygens (including phenoxy) is 1. The maximum Gasteiger partial charge on any atom is 0.224 e. The largest absolute Gasteiger partial charge is 0.492 e. The number of nitrogens with one attached hydrogen (secondary N) is 1. The first-order valence-electron chi connectivity index (χ1n) is 7.85. The van der Waals surface area contributed by atoms with Gasteiger partial charge < -0.3 is 10.5 Å². The number of nitrogen functional groups attached to an aromatic ring is 1. The predicted octanol–water partition coefficient (Wildman–Crippen LogP) is 3.84. The second-order valence-electron chi connectivity index (χ2n) is 5.60. The van der Waals surface area contributed by atoms with E-state index in [0.29, 0.717) is 23.6 Å². The number of nitrogens with two attached hydrogens (primary N) is 1. The highest BCUT2D eigenvalue weighted by Gasteiger charge is 2.26. The summed E-state index contributed by atoms with van der Waals surface area (Å²) in [5, 5.41) is 9.08. The molecule has 0 atom stereocenters. The van der Waals surface area contributed by atoms with Gasteiger partial charge in [0, 0.05) is 22.7 Å². The maximum atomic E-state index is 13.0. The molecule has 0 radical (unpaired) electrons. The van der Waals surface area contributed by atoms with E-state index in [4.69, 9.17) is 27.5 Å². The standard InChI is InChI=1S/C19H17ClN2O3S/c20-10-11-25-14-8-9-16(17(21)12-14)19(22)26(23,24)18-7-3-5-13-4-1-2-6-15(13)18/h1-9,12,22H,10-11,21H2. The Balaban J connectivity index is 2.03. The molecular weight excluding hydrogens is 372 g/mol. The van der Waals surface area contributed by atoms with Gasteiger partial charge in [-0.15, -0.1) is 11.6 Å². The third-order valence-corrected chi connectivity index (χ3v) is 5.77. The molecule has 0 aliphatic heterocycles. The van der Waals surface area contributed by atoms with Gasteiger partial charge in [0.25, 0.3) is 0 Å². The third kappa shape index (κ3) is 3.38. The molecule has 134 valence electrons. The summed E-state index contributed by atoms with van der Waals surface area (Å²) < 4.78 is 31.4. The van der Waals surface area contributed by atoms with Gasteiger partial charge in [0.05, 0.1) is 10.8 Å². The molecule has 3 aromatic rings. The van der Waals surface area contributed by atoms with Crippen molar-refractivity contribution in [3.63, 3.8) is 0 Å². The van der Waals surface area contributed by atoms with Crippen LogP contribution in [-0.2, 0) is 9.84 Å². The zero-order valence-electron chi connectivity index (χ0n) is 13.8. The van der Waals surface area contributed by atoms with Crippen LogP contribution in [0.1, 0.15) is 5.56 Å². The summed E-state index contributed by atoms with van der Waals surface area (Å²) >= 11 is 5.58. The zero-order valence-corrected chi connectivity index (χ0v) is 15.3. The highest BCUT2D eigenvalue weighted by atomic mass is 35.5. The fourth-order valence-electron chi connectivity index (χ4n) is 2.68. The lowest BCUT2D eigenvalue weighted by Crippen LogP contribution is -2.17. The normalized spacial score (nSPS) is 11.4. The van der Waals surface area contributed by atoms with Crippen LogP contribution in [0.2, 0.25) is 0 Å². The van der Waals surface area contributed by atoms with E-state index in [1.807, 2.05) is 18.2 Å². The van der Waals surface area contributed by atoms with Crippen molar-refractivity contribution in [2.75, 3.05) is 18.2 Å².